The van der Waals surface area contributed by atoms with E-state index < -0.39 is 5.41 Å². The summed E-state index contributed by atoms with van der Waals surface area (Å²) < 4.78 is 0. The molecule has 1 aliphatic carbocycles. The molecule has 0 N–H and O–H groups in total. The van der Waals surface area contributed by atoms with E-state index in [4.69, 9.17) is 0 Å². The molecular formula is C25H30N2O2. The summed E-state index contributed by atoms with van der Waals surface area (Å²) >= 11 is 0. The topological polar surface area (TPSA) is 40.6 Å². The Morgan fingerprint density at radius 1 is 1.00 bits per heavy atom. The molecule has 0 radical (unpaired) electrons. The zero-order valence-electron chi connectivity index (χ0n) is 17.4. The van der Waals surface area contributed by atoms with Crippen LogP contribution in [0.25, 0.3) is 11.1 Å². The lowest BCUT2D eigenvalue weighted by Gasteiger charge is -2.43. The molecule has 152 valence electrons. The predicted molar refractivity (Wildman–Crippen MR) is 115 cm³/mol. The third kappa shape index (κ3) is 4.21. The van der Waals surface area contributed by atoms with Gasteiger partial charge < -0.3 is 9.80 Å². The average molecular weight is 391 g/mol. The maximum Gasteiger partial charge on any atom is 0.230 e. The number of hydrogen-bond acceptors (Lipinski definition) is 2. The number of nitrogens with zero attached hydrogens (tertiary/aromatic N) is 2. The first kappa shape index (κ1) is 19.7. The fraction of sp³-hybridized carbons (Fsp3) is 0.440. The molecular weight excluding hydrogens is 360 g/mol. The summed E-state index contributed by atoms with van der Waals surface area (Å²) in [6.45, 7) is 1.32. The minimum absolute atomic E-state index is 0.137. The number of rotatable bonds is 5. The van der Waals surface area contributed by atoms with Crippen LogP contribution in [-0.4, -0.2) is 48.8 Å². The second kappa shape index (κ2) is 8.02. The highest BCUT2D eigenvalue weighted by Crippen LogP contribution is 2.39. The molecule has 2 amide bonds. The van der Waals surface area contributed by atoms with E-state index in [-0.39, 0.29) is 17.7 Å². The third-order valence-electron chi connectivity index (χ3n) is 6.28. The maximum absolute atomic E-state index is 13.3. The molecule has 1 heterocycles. The molecule has 2 aromatic rings. The number of likely N-dealkylation sites (tertiary alicyclic amines) is 1. The number of hydrogen-bond donors (Lipinski definition) is 0. The minimum atomic E-state index is -0.527. The molecule has 4 heteroatoms. The van der Waals surface area contributed by atoms with Gasteiger partial charge in [-0.3, -0.25) is 9.59 Å². The lowest BCUT2D eigenvalue weighted by atomic mass is 9.73. The average Bonchev–Trinajstić information content (AvgIpc) is 3.59. The zero-order valence-corrected chi connectivity index (χ0v) is 17.4. The summed E-state index contributed by atoms with van der Waals surface area (Å²) in [6, 6.07) is 18.9. The molecule has 29 heavy (non-hydrogen) atoms. The van der Waals surface area contributed by atoms with Crippen molar-refractivity contribution in [1.82, 2.24) is 9.80 Å². The van der Waals surface area contributed by atoms with Crippen LogP contribution in [-0.2, 0) is 16.0 Å². The Hall–Kier alpha value is -2.62. The van der Waals surface area contributed by atoms with Crippen molar-refractivity contribution in [3.8, 4) is 11.1 Å². The van der Waals surface area contributed by atoms with Gasteiger partial charge >= 0.3 is 0 Å². The van der Waals surface area contributed by atoms with Gasteiger partial charge in [0.2, 0.25) is 11.8 Å². The van der Waals surface area contributed by atoms with Gasteiger partial charge in [-0.2, -0.15) is 0 Å². The summed E-state index contributed by atoms with van der Waals surface area (Å²) in [6.07, 6.45) is 4.41. The van der Waals surface area contributed by atoms with Crippen molar-refractivity contribution in [1.29, 1.82) is 0 Å². The smallest absolute Gasteiger partial charge is 0.230 e. The first-order valence-electron chi connectivity index (χ1n) is 10.6. The number of piperidine rings is 1. The molecule has 0 aromatic heterocycles. The van der Waals surface area contributed by atoms with Crippen LogP contribution < -0.4 is 0 Å². The van der Waals surface area contributed by atoms with E-state index in [1.807, 2.05) is 37.2 Å². The number of carbonyl (C=O) groups is 2. The lowest BCUT2D eigenvalue weighted by molar-refractivity contribution is -0.147. The van der Waals surface area contributed by atoms with E-state index in [9.17, 15) is 9.59 Å². The van der Waals surface area contributed by atoms with Crippen molar-refractivity contribution in [3.05, 3.63) is 60.2 Å². The van der Waals surface area contributed by atoms with Crippen molar-refractivity contribution >= 4 is 11.8 Å². The van der Waals surface area contributed by atoms with Gasteiger partial charge in [-0.05, 0) is 48.8 Å². The van der Waals surface area contributed by atoms with Crippen molar-refractivity contribution < 1.29 is 9.59 Å². The molecule has 0 bridgehead atoms. The Balaban J connectivity index is 1.57. The Labute approximate surface area is 173 Å². The van der Waals surface area contributed by atoms with Gasteiger partial charge in [0, 0.05) is 33.1 Å². The molecule has 0 unspecified atom stereocenters. The summed E-state index contributed by atoms with van der Waals surface area (Å²) in [7, 11) is 3.65. The van der Waals surface area contributed by atoms with Gasteiger partial charge in [-0.1, -0.05) is 54.6 Å². The van der Waals surface area contributed by atoms with E-state index in [1.54, 1.807) is 4.90 Å². The molecule has 4 rings (SSSR count). The number of benzene rings is 2. The summed E-state index contributed by atoms with van der Waals surface area (Å²) in [4.78, 5) is 29.6. The van der Waals surface area contributed by atoms with Gasteiger partial charge in [0.25, 0.3) is 0 Å². The quantitative estimate of drug-likeness (QED) is 0.774. The van der Waals surface area contributed by atoms with Crippen LogP contribution in [0.4, 0.5) is 0 Å². The summed E-state index contributed by atoms with van der Waals surface area (Å²) in [5.74, 6) is 0.586. The predicted octanol–water partition coefficient (Wildman–Crippen LogP) is 4.00. The van der Waals surface area contributed by atoms with Crippen LogP contribution in [0.3, 0.4) is 0 Å². The highest BCUT2D eigenvalue weighted by atomic mass is 16.2. The van der Waals surface area contributed by atoms with Crippen LogP contribution in [0.2, 0.25) is 0 Å². The van der Waals surface area contributed by atoms with Crippen molar-refractivity contribution in [2.45, 2.75) is 32.1 Å². The SMILES string of the molecule is CN(C)C(=O)[C@]1(Cc2ccc(-c3ccccc3)cc2)CCCN(C(=O)C2CC2)C1. The maximum atomic E-state index is 13.3. The van der Waals surface area contributed by atoms with Crippen molar-refractivity contribution in [3.63, 3.8) is 0 Å². The van der Waals surface area contributed by atoms with E-state index in [1.165, 1.54) is 11.1 Å². The van der Waals surface area contributed by atoms with Crippen molar-refractivity contribution in [2.75, 3.05) is 27.2 Å². The molecule has 2 fully saturated rings. The Morgan fingerprint density at radius 3 is 2.28 bits per heavy atom. The molecule has 1 saturated carbocycles. The van der Waals surface area contributed by atoms with Gasteiger partial charge in [-0.25, -0.2) is 0 Å². The standard InChI is InChI=1S/C25H30N2O2/c1-26(2)24(29)25(15-6-16-27(18-25)23(28)22-13-14-22)17-19-9-11-21(12-10-19)20-7-4-3-5-8-20/h3-5,7-12,22H,6,13-18H2,1-2H3/t25-/m0/s1. The first-order chi connectivity index (χ1) is 14.0. The molecule has 1 atom stereocenters. The van der Waals surface area contributed by atoms with E-state index in [0.29, 0.717) is 13.0 Å². The molecule has 0 spiro atoms. The third-order valence-corrected chi connectivity index (χ3v) is 6.28. The highest BCUT2D eigenvalue weighted by Gasteiger charge is 2.46. The van der Waals surface area contributed by atoms with Crippen LogP contribution in [0.5, 0.6) is 0 Å². The summed E-state index contributed by atoms with van der Waals surface area (Å²) in [5, 5.41) is 0. The van der Waals surface area contributed by atoms with E-state index in [2.05, 4.69) is 36.4 Å². The largest absolute Gasteiger partial charge is 0.348 e. The summed E-state index contributed by atoms with van der Waals surface area (Å²) in [5.41, 5.74) is 3.00. The zero-order chi connectivity index (χ0) is 20.4. The second-order valence-electron chi connectivity index (χ2n) is 8.86. The number of amides is 2. The second-order valence-corrected chi connectivity index (χ2v) is 8.86. The van der Waals surface area contributed by atoms with Gasteiger partial charge in [0.1, 0.15) is 0 Å². The number of carbonyl (C=O) groups excluding carboxylic acids is 2. The Bertz CT molecular complexity index is 871. The van der Waals surface area contributed by atoms with Gasteiger partial charge in [0.05, 0.1) is 5.41 Å². The van der Waals surface area contributed by atoms with E-state index >= 15 is 0 Å². The van der Waals surface area contributed by atoms with Gasteiger partial charge in [0.15, 0.2) is 0 Å². The highest BCUT2D eigenvalue weighted by molar-refractivity contribution is 5.86. The van der Waals surface area contributed by atoms with Crippen molar-refractivity contribution in [2.24, 2.45) is 11.3 Å². The minimum Gasteiger partial charge on any atom is -0.348 e. The molecule has 4 nitrogen and oxygen atoms in total. The Morgan fingerprint density at radius 2 is 1.66 bits per heavy atom. The molecule has 1 aliphatic heterocycles. The molecule has 1 saturated heterocycles. The normalized spacial score (nSPS) is 21.7. The lowest BCUT2D eigenvalue weighted by Crippen LogP contribution is -2.54. The first-order valence-corrected chi connectivity index (χ1v) is 10.6. The Kier molecular flexibility index (Phi) is 5.44. The molecule has 2 aromatic carbocycles. The monoisotopic (exact) mass is 390 g/mol. The fourth-order valence-electron chi connectivity index (χ4n) is 4.61. The van der Waals surface area contributed by atoms with Crippen LogP contribution in [0, 0.1) is 11.3 Å². The van der Waals surface area contributed by atoms with Gasteiger partial charge in [-0.15, -0.1) is 0 Å². The molecule has 2 aliphatic rings. The van der Waals surface area contributed by atoms with Crippen LogP contribution in [0.1, 0.15) is 31.2 Å². The fourth-order valence-corrected chi connectivity index (χ4v) is 4.61. The van der Waals surface area contributed by atoms with Crippen LogP contribution >= 0.6 is 0 Å². The van der Waals surface area contributed by atoms with Crippen LogP contribution in [0.15, 0.2) is 54.6 Å². The van der Waals surface area contributed by atoms with E-state index in [0.717, 1.165) is 37.8 Å².